The molecule has 1 heterocycles. The lowest BCUT2D eigenvalue weighted by Gasteiger charge is -2.23. The lowest BCUT2D eigenvalue weighted by molar-refractivity contribution is 0.201. The molecule has 1 fully saturated rings. The maximum atomic E-state index is 12.9. The van der Waals surface area contributed by atoms with Crippen LogP contribution in [0.2, 0.25) is 0 Å². The zero-order valence-electron chi connectivity index (χ0n) is 16.8. The van der Waals surface area contributed by atoms with Crippen LogP contribution in [0.15, 0.2) is 74.5 Å². The number of carboxylic acid groups (broad SMARTS) is 1. The van der Waals surface area contributed by atoms with Gasteiger partial charge in [0.1, 0.15) is 0 Å². The molecule has 0 spiro atoms. The predicted molar refractivity (Wildman–Crippen MR) is 132 cm³/mol. The largest absolute Gasteiger partial charge is 0.465 e. The molecule has 7 nitrogen and oxygen atoms in total. The van der Waals surface area contributed by atoms with Crippen molar-refractivity contribution in [2.75, 3.05) is 18.0 Å². The number of hydrogen-bond acceptors (Lipinski definition) is 4. The number of nitrogens with zero attached hydrogens (tertiary/aromatic N) is 1. The highest BCUT2D eigenvalue weighted by molar-refractivity contribution is 9.11. The lowest BCUT2D eigenvalue weighted by atomic mass is 10.1. The van der Waals surface area contributed by atoms with Crippen molar-refractivity contribution in [2.45, 2.75) is 23.4 Å². The molecular weight excluding hydrogens is 562 g/mol. The van der Waals surface area contributed by atoms with E-state index in [-0.39, 0.29) is 23.5 Å². The fraction of sp³-hybridized carbons (Fsp3) is 0.227. The Balaban J connectivity index is 1.46. The van der Waals surface area contributed by atoms with E-state index in [1.165, 1.54) is 11.0 Å². The third-order valence-corrected chi connectivity index (χ3v) is 8.41. The van der Waals surface area contributed by atoms with Crippen molar-refractivity contribution in [3.8, 4) is 0 Å². The van der Waals surface area contributed by atoms with Gasteiger partial charge in [-0.15, -0.1) is 0 Å². The highest BCUT2D eigenvalue weighted by atomic mass is 79.9. The van der Waals surface area contributed by atoms with E-state index in [0.29, 0.717) is 27.6 Å². The van der Waals surface area contributed by atoms with E-state index in [4.69, 9.17) is 0 Å². The molecule has 32 heavy (non-hydrogen) atoms. The monoisotopic (exact) mass is 581 g/mol. The molecule has 0 saturated carbocycles. The summed E-state index contributed by atoms with van der Waals surface area (Å²) in [5.41, 5.74) is 0.583. The maximum Gasteiger partial charge on any atom is 0.411 e. The Kier molecular flexibility index (Phi) is 6.87. The van der Waals surface area contributed by atoms with Gasteiger partial charge in [0.15, 0.2) is 0 Å². The Morgan fingerprint density at radius 2 is 1.84 bits per heavy atom. The summed E-state index contributed by atoms with van der Waals surface area (Å²) in [6.45, 7) is 0.632. The summed E-state index contributed by atoms with van der Waals surface area (Å²) in [5, 5.41) is 15.0. The second-order valence-corrected chi connectivity index (χ2v) is 11.1. The van der Waals surface area contributed by atoms with E-state index in [1.54, 1.807) is 18.2 Å². The van der Waals surface area contributed by atoms with Crippen molar-refractivity contribution in [1.29, 1.82) is 0 Å². The predicted octanol–water partition coefficient (Wildman–Crippen LogP) is 4.56. The van der Waals surface area contributed by atoms with E-state index in [0.717, 1.165) is 10.8 Å². The van der Waals surface area contributed by atoms with Crippen LogP contribution in [0.5, 0.6) is 0 Å². The zero-order valence-corrected chi connectivity index (χ0v) is 20.8. The molecule has 1 aliphatic heterocycles. The number of sulfonamides is 1. The number of carbonyl (C=O) groups is 1. The maximum absolute atomic E-state index is 12.9. The van der Waals surface area contributed by atoms with Gasteiger partial charge in [0.05, 0.1) is 4.90 Å². The third kappa shape index (κ3) is 5.15. The number of anilines is 1. The number of benzene rings is 3. The molecule has 1 amide bonds. The normalized spacial score (nSPS) is 18.7. The summed E-state index contributed by atoms with van der Waals surface area (Å²) < 4.78 is 29.6. The summed E-state index contributed by atoms with van der Waals surface area (Å²) in [6, 6.07) is 17.7. The number of halogens is 2. The van der Waals surface area contributed by atoms with Gasteiger partial charge in [0, 0.05) is 39.8 Å². The first-order chi connectivity index (χ1) is 15.2. The standard InChI is InChI=1S/C22H21Br2N3O4S/c23-16-6-8-20(24)21(10-16)32(30,31)26-17-11-18(25-12-17)13-27(22(28)29)19-7-5-14-3-1-2-4-15(14)9-19/h1-10,17-18,25-26H,11-13H2,(H,28,29)/t17-,18-/m1/s1. The number of amides is 1. The first-order valence-corrected chi connectivity index (χ1v) is 13.0. The van der Waals surface area contributed by atoms with Gasteiger partial charge >= 0.3 is 6.09 Å². The van der Waals surface area contributed by atoms with Gasteiger partial charge in [-0.3, -0.25) is 4.90 Å². The Labute approximate surface area is 203 Å². The van der Waals surface area contributed by atoms with Gasteiger partial charge < -0.3 is 10.4 Å². The molecule has 168 valence electrons. The number of rotatable bonds is 6. The van der Waals surface area contributed by atoms with Crippen molar-refractivity contribution in [3.05, 3.63) is 69.6 Å². The second-order valence-electron chi connectivity index (χ2n) is 7.66. The average molecular weight is 583 g/mol. The average Bonchev–Trinajstić information content (AvgIpc) is 3.19. The zero-order chi connectivity index (χ0) is 22.9. The van der Waals surface area contributed by atoms with Gasteiger partial charge in [-0.1, -0.05) is 46.3 Å². The van der Waals surface area contributed by atoms with Crippen molar-refractivity contribution >= 4 is 64.4 Å². The van der Waals surface area contributed by atoms with E-state index in [9.17, 15) is 18.3 Å². The molecule has 0 unspecified atom stereocenters. The van der Waals surface area contributed by atoms with Crippen LogP contribution >= 0.6 is 31.9 Å². The first kappa shape index (κ1) is 23.2. The minimum Gasteiger partial charge on any atom is -0.465 e. The summed E-state index contributed by atoms with van der Waals surface area (Å²) in [4.78, 5) is 13.4. The van der Waals surface area contributed by atoms with Crippen LogP contribution in [-0.2, 0) is 10.0 Å². The fourth-order valence-corrected chi connectivity index (χ4v) is 6.62. The summed E-state index contributed by atoms with van der Waals surface area (Å²) in [5.74, 6) is 0. The fourth-order valence-electron chi connectivity index (χ4n) is 3.87. The van der Waals surface area contributed by atoms with E-state index in [1.807, 2.05) is 36.4 Å². The summed E-state index contributed by atoms with van der Waals surface area (Å²) in [6.07, 6.45) is -0.577. The van der Waals surface area contributed by atoms with Crippen LogP contribution in [0.3, 0.4) is 0 Å². The molecule has 1 aliphatic rings. The van der Waals surface area contributed by atoms with Crippen molar-refractivity contribution < 1.29 is 18.3 Å². The Bertz CT molecular complexity index is 1270. The van der Waals surface area contributed by atoms with Gasteiger partial charge in [0.2, 0.25) is 10.0 Å². The van der Waals surface area contributed by atoms with Crippen LogP contribution in [0.1, 0.15) is 6.42 Å². The molecule has 0 bridgehead atoms. The number of fused-ring (bicyclic) bond motifs is 1. The molecular formula is C22H21Br2N3O4S. The van der Waals surface area contributed by atoms with Gasteiger partial charge in [-0.2, -0.15) is 0 Å². The quantitative estimate of drug-likeness (QED) is 0.396. The molecule has 10 heteroatoms. The minimum atomic E-state index is -3.74. The van der Waals surface area contributed by atoms with Crippen molar-refractivity contribution in [2.24, 2.45) is 0 Å². The van der Waals surface area contributed by atoms with E-state index in [2.05, 4.69) is 41.9 Å². The molecule has 4 rings (SSSR count). The smallest absolute Gasteiger partial charge is 0.411 e. The Morgan fingerprint density at radius 1 is 1.09 bits per heavy atom. The van der Waals surface area contributed by atoms with E-state index >= 15 is 0 Å². The molecule has 0 aliphatic carbocycles. The number of hydrogen-bond donors (Lipinski definition) is 3. The topological polar surface area (TPSA) is 98.7 Å². The highest BCUT2D eigenvalue weighted by Crippen LogP contribution is 2.27. The Morgan fingerprint density at radius 3 is 2.59 bits per heavy atom. The lowest BCUT2D eigenvalue weighted by Crippen LogP contribution is -2.40. The number of nitrogens with one attached hydrogen (secondary N) is 2. The second kappa shape index (κ2) is 9.48. The van der Waals surface area contributed by atoms with Crippen LogP contribution in [0, 0.1) is 0 Å². The molecule has 3 N–H and O–H groups in total. The van der Waals surface area contributed by atoms with Crippen LogP contribution in [-0.4, -0.2) is 44.8 Å². The highest BCUT2D eigenvalue weighted by Gasteiger charge is 2.31. The van der Waals surface area contributed by atoms with Gasteiger partial charge in [-0.05, 0) is 63.5 Å². The molecule has 0 radical (unpaired) electrons. The summed E-state index contributed by atoms with van der Waals surface area (Å²) >= 11 is 6.59. The third-order valence-electron chi connectivity index (χ3n) is 5.41. The molecule has 3 aromatic rings. The minimum absolute atomic E-state index is 0.152. The van der Waals surface area contributed by atoms with Crippen LogP contribution in [0.4, 0.5) is 10.5 Å². The van der Waals surface area contributed by atoms with Crippen LogP contribution < -0.4 is 14.9 Å². The molecule has 0 aromatic heterocycles. The van der Waals surface area contributed by atoms with Crippen molar-refractivity contribution in [1.82, 2.24) is 10.0 Å². The summed E-state index contributed by atoms with van der Waals surface area (Å²) in [7, 11) is -3.74. The van der Waals surface area contributed by atoms with Gasteiger partial charge in [0.25, 0.3) is 0 Å². The molecule has 1 saturated heterocycles. The SMILES string of the molecule is O=C(O)N(C[C@H]1C[C@@H](NS(=O)(=O)c2cc(Br)ccc2Br)CN1)c1ccc2ccccc2c1. The van der Waals surface area contributed by atoms with Crippen molar-refractivity contribution in [3.63, 3.8) is 0 Å². The molecule has 3 aromatic carbocycles. The van der Waals surface area contributed by atoms with E-state index < -0.39 is 16.1 Å². The Hall–Kier alpha value is -1.98. The van der Waals surface area contributed by atoms with Crippen LogP contribution in [0.25, 0.3) is 10.8 Å². The molecule has 2 atom stereocenters. The van der Waals surface area contributed by atoms with Gasteiger partial charge in [-0.25, -0.2) is 17.9 Å². The first-order valence-electron chi connectivity index (χ1n) is 9.93.